The molecule has 2 unspecified atom stereocenters. The van der Waals surface area contributed by atoms with Crippen molar-refractivity contribution in [2.75, 3.05) is 7.05 Å². The summed E-state index contributed by atoms with van der Waals surface area (Å²) in [4.78, 5) is 1.42. The van der Waals surface area contributed by atoms with Gasteiger partial charge in [-0.1, -0.05) is 38.0 Å². The summed E-state index contributed by atoms with van der Waals surface area (Å²) in [5.41, 5.74) is 1.39. The summed E-state index contributed by atoms with van der Waals surface area (Å²) >= 11 is 1.89. The first-order valence-electron chi connectivity index (χ1n) is 8.05. The van der Waals surface area contributed by atoms with Gasteiger partial charge in [0.05, 0.1) is 12.7 Å². The van der Waals surface area contributed by atoms with Crippen molar-refractivity contribution < 1.29 is 4.74 Å². The molecule has 1 N–H and O–H groups in total. The van der Waals surface area contributed by atoms with Gasteiger partial charge in [-0.05, 0) is 37.3 Å². The Labute approximate surface area is 131 Å². The van der Waals surface area contributed by atoms with Gasteiger partial charge in [0.25, 0.3) is 0 Å². The molecule has 0 saturated heterocycles. The lowest BCUT2D eigenvalue weighted by molar-refractivity contribution is -0.0151. The molecule has 0 amide bonds. The number of nitrogens with one attached hydrogen (secondary N) is 1. The molecule has 1 aromatic heterocycles. The molecule has 1 saturated carbocycles. The molecule has 3 rings (SSSR count). The molecule has 0 aliphatic heterocycles. The third kappa shape index (κ3) is 3.31. The number of fused-ring (bicyclic) bond motifs is 1. The molecule has 21 heavy (non-hydrogen) atoms. The highest BCUT2D eigenvalue weighted by Crippen LogP contribution is 2.33. The first-order valence-corrected chi connectivity index (χ1v) is 8.86. The summed E-state index contributed by atoms with van der Waals surface area (Å²) < 4.78 is 7.69. The summed E-state index contributed by atoms with van der Waals surface area (Å²) in [6, 6.07) is 8.70. The van der Waals surface area contributed by atoms with Crippen molar-refractivity contribution in [3.8, 4) is 0 Å². The predicted octanol–water partition coefficient (Wildman–Crippen LogP) is 4.72. The molecule has 0 radical (unpaired) electrons. The maximum atomic E-state index is 6.31. The van der Waals surface area contributed by atoms with Gasteiger partial charge in [-0.2, -0.15) is 0 Å². The number of hydrogen-bond donors (Lipinski definition) is 1. The van der Waals surface area contributed by atoms with Crippen LogP contribution in [0.15, 0.2) is 24.3 Å². The second-order valence-electron chi connectivity index (χ2n) is 6.14. The number of ether oxygens (including phenoxy) is 1. The van der Waals surface area contributed by atoms with Crippen molar-refractivity contribution >= 4 is 21.4 Å². The van der Waals surface area contributed by atoms with Gasteiger partial charge < -0.3 is 10.1 Å². The van der Waals surface area contributed by atoms with Crippen LogP contribution in [0.1, 0.15) is 43.0 Å². The van der Waals surface area contributed by atoms with E-state index in [1.807, 2.05) is 18.4 Å². The smallest absolute Gasteiger partial charge is 0.0738 e. The lowest BCUT2D eigenvalue weighted by atomic mass is 9.88. The minimum absolute atomic E-state index is 0.444. The maximum Gasteiger partial charge on any atom is 0.0738 e. The Balaban J connectivity index is 1.79. The van der Waals surface area contributed by atoms with Crippen molar-refractivity contribution in [1.29, 1.82) is 0 Å². The Kier molecular flexibility index (Phi) is 4.94. The van der Waals surface area contributed by atoms with Crippen LogP contribution in [-0.4, -0.2) is 13.2 Å². The number of benzene rings is 1. The molecule has 1 aliphatic rings. The number of rotatable bonds is 5. The normalized spacial score (nSPS) is 22.8. The highest BCUT2D eigenvalue weighted by molar-refractivity contribution is 7.19. The third-order valence-corrected chi connectivity index (χ3v) is 5.81. The second kappa shape index (κ2) is 6.91. The largest absolute Gasteiger partial charge is 0.373 e. The lowest BCUT2D eigenvalue weighted by Crippen LogP contribution is -2.25. The molecule has 1 fully saturated rings. The number of thiophene rings is 1. The van der Waals surface area contributed by atoms with Crippen LogP contribution in [0.2, 0.25) is 0 Å². The van der Waals surface area contributed by atoms with E-state index in [0.29, 0.717) is 12.0 Å². The molecule has 0 spiro atoms. The Morgan fingerprint density at radius 3 is 2.86 bits per heavy atom. The van der Waals surface area contributed by atoms with Crippen molar-refractivity contribution in [2.45, 2.75) is 51.9 Å². The van der Waals surface area contributed by atoms with Gasteiger partial charge in [-0.15, -0.1) is 11.3 Å². The van der Waals surface area contributed by atoms with Gasteiger partial charge in [0.15, 0.2) is 0 Å². The summed E-state index contributed by atoms with van der Waals surface area (Å²) in [7, 11) is 2.01. The van der Waals surface area contributed by atoms with Gasteiger partial charge in [-0.3, -0.25) is 0 Å². The van der Waals surface area contributed by atoms with E-state index in [1.54, 1.807) is 0 Å². The van der Waals surface area contributed by atoms with Crippen LogP contribution in [0.5, 0.6) is 0 Å². The van der Waals surface area contributed by atoms with Crippen LogP contribution >= 0.6 is 11.3 Å². The summed E-state index contributed by atoms with van der Waals surface area (Å²) in [5, 5.41) is 4.66. The van der Waals surface area contributed by atoms with Crippen molar-refractivity contribution in [3.05, 3.63) is 34.7 Å². The van der Waals surface area contributed by atoms with E-state index in [0.717, 1.165) is 13.2 Å². The minimum atomic E-state index is 0.444. The third-order valence-electron chi connectivity index (χ3n) is 4.59. The van der Waals surface area contributed by atoms with Gasteiger partial charge in [-0.25, -0.2) is 0 Å². The predicted molar refractivity (Wildman–Crippen MR) is 90.8 cm³/mol. The van der Waals surface area contributed by atoms with Crippen molar-refractivity contribution in [1.82, 2.24) is 5.32 Å². The topological polar surface area (TPSA) is 21.3 Å². The molecule has 0 bridgehead atoms. The lowest BCUT2D eigenvalue weighted by Gasteiger charge is -2.28. The summed E-state index contributed by atoms with van der Waals surface area (Å²) in [6.45, 7) is 4.03. The minimum Gasteiger partial charge on any atom is -0.373 e. The molecule has 3 heteroatoms. The van der Waals surface area contributed by atoms with E-state index in [9.17, 15) is 0 Å². The van der Waals surface area contributed by atoms with E-state index in [2.05, 4.69) is 36.5 Å². The molecule has 1 aliphatic carbocycles. The van der Waals surface area contributed by atoms with Crippen molar-refractivity contribution in [3.63, 3.8) is 0 Å². The zero-order valence-corrected chi connectivity index (χ0v) is 13.8. The van der Waals surface area contributed by atoms with E-state index in [1.165, 1.54) is 46.2 Å². The Bertz CT molecular complexity index is 592. The van der Waals surface area contributed by atoms with Crippen LogP contribution in [-0.2, 0) is 17.9 Å². The van der Waals surface area contributed by atoms with Crippen LogP contribution < -0.4 is 5.32 Å². The maximum absolute atomic E-state index is 6.31. The van der Waals surface area contributed by atoms with E-state index in [-0.39, 0.29) is 0 Å². The zero-order chi connectivity index (χ0) is 14.7. The van der Waals surface area contributed by atoms with Crippen LogP contribution in [0, 0.1) is 5.92 Å². The van der Waals surface area contributed by atoms with Gasteiger partial charge in [0.1, 0.15) is 0 Å². The molecule has 1 aromatic carbocycles. The Morgan fingerprint density at radius 2 is 2.05 bits per heavy atom. The van der Waals surface area contributed by atoms with Gasteiger partial charge in [0.2, 0.25) is 0 Å². The Morgan fingerprint density at radius 1 is 1.24 bits per heavy atom. The fourth-order valence-corrected chi connectivity index (χ4v) is 4.55. The number of hydrogen-bond acceptors (Lipinski definition) is 3. The highest BCUT2D eigenvalue weighted by Gasteiger charge is 2.22. The fraction of sp³-hybridized carbons (Fsp3) is 0.556. The standard InChI is InChI=1S/C18H25NOS/c1-13-7-3-5-9-16(13)20-12-15-14-8-4-6-10-17(14)21-18(15)11-19-2/h4,6,8,10,13,16,19H,3,5,7,9,11-12H2,1-2H3. The van der Waals surface area contributed by atoms with Crippen LogP contribution in [0.4, 0.5) is 0 Å². The van der Waals surface area contributed by atoms with Crippen molar-refractivity contribution in [2.24, 2.45) is 5.92 Å². The summed E-state index contributed by atoms with van der Waals surface area (Å²) in [5.74, 6) is 0.705. The molecular weight excluding hydrogens is 278 g/mol. The first kappa shape index (κ1) is 15.0. The monoisotopic (exact) mass is 303 g/mol. The molecule has 2 aromatic rings. The zero-order valence-electron chi connectivity index (χ0n) is 13.0. The highest BCUT2D eigenvalue weighted by atomic mass is 32.1. The average Bonchev–Trinajstić information content (AvgIpc) is 2.84. The summed E-state index contributed by atoms with van der Waals surface area (Å²) in [6.07, 6.45) is 5.68. The fourth-order valence-electron chi connectivity index (χ4n) is 3.33. The molecule has 1 heterocycles. The van der Waals surface area contributed by atoms with Gasteiger partial charge >= 0.3 is 0 Å². The van der Waals surface area contributed by atoms with Crippen LogP contribution in [0.3, 0.4) is 0 Å². The molecule has 114 valence electrons. The SMILES string of the molecule is CNCc1sc2ccccc2c1COC1CCCCC1C. The second-order valence-corrected chi connectivity index (χ2v) is 7.28. The first-order chi connectivity index (χ1) is 10.3. The Hall–Kier alpha value is -0.900. The quantitative estimate of drug-likeness (QED) is 0.863. The molecular formula is C18H25NOS. The van der Waals surface area contributed by atoms with E-state index >= 15 is 0 Å². The van der Waals surface area contributed by atoms with Crippen LogP contribution in [0.25, 0.3) is 10.1 Å². The molecule has 2 nitrogen and oxygen atoms in total. The van der Waals surface area contributed by atoms with E-state index < -0.39 is 0 Å². The average molecular weight is 303 g/mol. The van der Waals surface area contributed by atoms with E-state index in [4.69, 9.17) is 4.74 Å². The van der Waals surface area contributed by atoms with Gasteiger partial charge in [0, 0.05) is 21.7 Å². The molecule has 2 atom stereocenters.